The third kappa shape index (κ3) is 1.76. The van der Waals surface area contributed by atoms with Gasteiger partial charge < -0.3 is 5.21 Å². The number of rotatable bonds is 2. The van der Waals surface area contributed by atoms with Crippen molar-refractivity contribution in [2.24, 2.45) is 5.92 Å². The van der Waals surface area contributed by atoms with Crippen molar-refractivity contribution in [3.63, 3.8) is 0 Å². The van der Waals surface area contributed by atoms with Crippen molar-refractivity contribution in [1.29, 1.82) is 0 Å². The van der Waals surface area contributed by atoms with Gasteiger partial charge in [-0.05, 0) is 12.3 Å². The van der Waals surface area contributed by atoms with Crippen molar-refractivity contribution in [1.82, 2.24) is 9.94 Å². The largest absolute Gasteiger partial charge is 0.412 e. The average molecular weight is 139 g/mol. The molecule has 0 spiro atoms. The molecule has 10 heavy (non-hydrogen) atoms. The summed E-state index contributed by atoms with van der Waals surface area (Å²) < 4.78 is 0. The van der Waals surface area contributed by atoms with Crippen LogP contribution in [0.15, 0.2) is 6.20 Å². The lowest BCUT2D eigenvalue weighted by Gasteiger charge is -1.97. The van der Waals surface area contributed by atoms with E-state index < -0.39 is 0 Å². The predicted molar refractivity (Wildman–Crippen MR) is 36.8 cm³/mol. The van der Waals surface area contributed by atoms with E-state index in [-0.39, 0.29) is 0 Å². The summed E-state index contributed by atoms with van der Waals surface area (Å²) in [7, 11) is 0. The Morgan fingerprint density at radius 2 is 2.50 bits per heavy atom. The van der Waals surface area contributed by atoms with Crippen LogP contribution in [0, 0.1) is 12.1 Å². The van der Waals surface area contributed by atoms with Gasteiger partial charge in [-0.2, -0.15) is 0 Å². The fourth-order valence-electron chi connectivity index (χ4n) is 0.851. The Kier molecular flexibility index (Phi) is 1.94. The van der Waals surface area contributed by atoms with Crippen molar-refractivity contribution < 1.29 is 5.21 Å². The van der Waals surface area contributed by atoms with E-state index in [0.717, 1.165) is 16.8 Å². The molecular formula is C7H11N2O. The Hall–Kier alpha value is -0.990. The van der Waals surface area contributed by atoms with Crippen LogP contribution >= 0.6 is 0 Å². The molecule has 0 fully saturated rings. The number of hydrogen-bond acceptors (Lipinski definition) is 2. The third-order valence-corrected chi connectivity index (χ3v) is 1.20. The summed E-state index contributed by atoms with van der Waals surface area (Å²) in [5.41, 5.74) is 0.956. The second kappa shape index (κ2) is 2.73. The van der Waals surface area contributed by atoms with E-state index in [0.29, 0.717) is 5.92 Å². The second-order valence-electron chi connectivity index (χ2n) is 2.78. The summed E-state index contributed by atoms with van der Waals surface area (Å²) >= 11 is 0. The molecule has 1 heterocycles. The highest BCUT2D eigenvalue weighted by atomic mass is 16.5. The molecule has 3 heteroatoms. The molecule has 0 bridgehead atoms. The molecule has 0 aliphatic carbocycles. The van der Waals surface area contributed by atoms with Crippen LogP contribution in [0.1, 0.15) is 19.4 Å². The van der Waals surface area contributed by atoms with Crippen LogP contribution in [0.4, 0.5) is 0 Å². The fraction of sp³-hybridized carbons (Fsp3) is 0.571. The van der Waals surface area contributed by atoms with Crippen LogP contribution in [-0.2, 0) is 6.42 Å². The number of hydrogen-bond donors (Lipinski definition) is 1. The number of aromatic nitrogens is 2. The van der Waals surface area contributed by atoms with Gasteiger partial charge in [0.2, 0.25) is 0 Å². The lowest BCUT2D eigenvalue weighted by atomic mass is 10.1. The van der Waals surface area contributed by atoms with Gasteiger partial charge >= 0.3 is 0 Å². The van der Waals surface area contributed by atoms with E-state index in [9.17, 15) is 0 Å². The van der Waals surface area contributed by atoms with Crippen LogP contribution < -0.4 is 0 Å². The van der Waals surface area contributed by atoms with E-state index in [1.165, 1.54) is 0 Å². The minimum Gasteiger partial charge on any atom is -0.412 e. The Labute approximate surface area is 60.2 Å². The highest BCUT2D eigenvalue weighted by Gasteiger charge is 2.00. The van der Waals surface area contributed by atoms with Crippen molar-refractivity contribution in [2.45, 2.75) is 20.3 Å². The summed E-state index contributed by atoms with van der Waals surface area (Å²) in [6.45, 7) is 4.23. The molecule has 1 rings (SSSR count). The standard InChI is InChI=1S/C7H11N2O/c1-6(2)3-7-4-8-9(10)5-7/h5-6,10H,3H2,1-2H3. The lowest BCUT2D eigenvalue weighted by molar-refractivity contribution is 0.148. The zero-order chi connectivity index (χ0) is 7.56. The first kappa shape index (κ1) is 7.12. The minimum absolute atomic E-state index is 0.584. The van der Waals surface area contributed by atoms with Gasteiger partial charge in [-0.15, -0.1) is 9.94 Å². The van der Waals surface area contributed by atoms with Crippen molar-refractivity contribution >= 4 is 0 Å². The molecule has 1 radical (unpaired) electrons. The van der Waals surface area contributed by atoms with Crippen LogP contribution in [-0.4, -0.2) is 15.2 Å². The first-order valence-corrected chi connectivity index (χ1v) is 3.34. The molecule has 0 saturated carbocycles. The smallest absolute Gasteiger partial charge is 0.120 e. The van der Waals surface area contributed by atoms with Gasteiger partial charge in [-0.1, -0.05) is 13.8 Å². The van der Waals surface area contributed by atoms with E-state index in [2.05, 4.69) is 25.1 Å². The minimum atomic E-state index is 0.584. The molecule has 0 aromatic carbocycles. The fourth-order valence-corrected chi connectivity index (χ4v) is 0.851. The van der Waals surface area contributed by atoms with Gasteiger partial charge in [0, 0.05) is 5.56 Å². The summed E-state index contributed by atoms with van der Waals surface area (Å²) in [4.78, 5) is 0.789. The first-order valence-electron chi connectivity index (χ1n) is 3.34. The zero-order valence-electron chi connectivity index (χ0n) is 6.20. The van der Waals surface area contributed by atoms with Crippen molar-refractivity contribution in [2.75, 3.05) is 0 Å². The van der Waals surface area contributed by atoms with E-state index in [4.69, 9.17) is 5.21 Å². The summed E-state index contributed by atoms with van der Waals surface area (Å²) in [6.07, 6.45) is 5.19. The van der Waals surface area contributed by atoms with E-state index >= 15 is 0 Å². The molecular weight excluding hydrogens is 128 g/mol. The summed E-state index contributed by atoms with van der Waals surface area (Å²) in [5.74, 6) is 0.584. The van der Waals surface area contributed by atoms with E-state index in [1.54, 1.807) is 6.20 Å². The monoisotopic (exact) mass is 139 g/mol. The molecule has 0 amide bonds. The first-order chi connectivity index (χ1) is 4.68. The Morgan fingerprint density at radius 1 is 1.80 bits per heavy atom. The Balaban J connectivity index is 2.58. The van der Waals surface area contributed by atoms with Gasteiger partial charge in [-0.3, -0.25) is 0 Å². The third-order valence-electron chi connectivity index (χ3n) is 1.20. The van der Waals surface area contributed by atoms with Gasteiger partial charge in [-0.25, -0.2) is 0 Å². The van der Waals surface area contributed by atoms with Crippen LogP contribution in [0.2, 0.25) is 0 Å². The molecule has 0 unspecified atom stereocenters. The maximum Gasteiger partial charge on any atom is 0.120 e. The quantitative estimate of drug-likeness (QED) is 0.623. The highest BCUT2D eigenvalue weighted by Crippen LogP contribution is 2.04. The van der Waals surface area contributed by atoms with Gasteiger partial charge in [0.25, 0.3) is 0 Å². The highest BCUT2D eigenvalue weighted by molar-refractivity contribution is 5.01. The molecule has 3 nitrogen and oxygen atoms in total. The summed E-state index contributed by atoms with van der Waals surface area (Å²) in [5, 5.41) is 12.3. The lowest BCUT2D eigenvalue weighted by Crippen LogP contribution is -1.92. The molecule has 0 aliphatic heterocycles. The Bertz CT molecular complexity index is 205. The normalized spacial score (nSPS) is 10.7. The molecule has 0 saturated heterocycles. The molecule has 0 aliphatic rings. The number of nitrogens with zero attached hydrogens (tertiary/aromatic N) is 2. The van der Waals surface area contributed by atoms with Gasteiger partial charge in [0.15, 0.2) is 0 Å². The van der Waals surface area contributed by atoms with Crippen LogP contribution in [0.25, 0.3) is 0 Å². The maximum atomic E-state index is 8.74. The Morgan fingerprint density at radius 3 is 2.90 bits per heavy atom. The average Bonchev–Trinajstić information content (AvgIpc) is 2.13. The van der Waals surface area contributed by atoms with Gasteiger partial charge in [0.1, 0.15) is 6.20 Å². The van der Waals surface area contributed by atoms with Crippen LogP contribution in [0.5, 0.6) is 0 Å². The SMILES string of the molecule is CC(C)Cc1[c]nn(O)c1. The van der Waals surface area contributed by atoms with Crippen LogP contribution in [0.3, 0.4) is 0 Å². The molecule has 55 valence electrons. The maximum absolute atomic E-state index is 8.74. The van der Waals surface area contributed by atoms with Crippen molar-refractivity contribution in [3.8, 4) is 0 Å². The van der Waals surface area contributed by atoms with Gasteiger partial charge in [0.05, 0.1) is 6.20 Å². The van der Waals surface area contributed by atoms with E-state index in [1.807, 2.05) is 0 Å². The second-order valence-corrected chi connectivity index (χ2v) is 2.78. The topological polar surface area (TPSA) is 38.0 Å². The molecule has 1 aromatic heterocycles. The molecule has 1 aromatic rings. The van der Waals surface area contributed by atoms with Crippen molar-refractivity contribution in [3.05, 3.63) is 18.0 Å². The molecule has 1 N–H and O–H groups in total. The predicted octanol–water partition coefficient (Wildman–Crippen LogP) is 1.12. The zero-order valence-corrected chi connectivity index (χ0v) is 6.20. The molecule has 0 atom stereocenters. The summed E-state index contributed by atoms with van der Waals surface area (Å²) in [6, 6.07) is 0.